The van der Waals surface area contributed by atoms with Crippen LogP contribution in [0.15, 0.2) is 47.2 Å². The van der Waals surface area contributed by atoms with Crippen LogP contribution >= 0.6 is 11.6 Å². The second kappa shape index (κ2) is 6.29. The topological polar surface area (TPSA) is 97.4 Å². The highest BCUT2D eigenvalue weighted by Gasteiger charge is 2.54. The van der Waals surface area contributed by atoms with E-state index in [2.05, 4.69) is 25.1 Å². The largest absolute Gasteiger partial charge is 0.399 e. The van der Waals surface area contributed by atoms with Crippen LogP contribution in [0.3, 0.4) is 0 Å². The van der Waals surface area contributed by atoms with Crippen molar-refractivity contribution in [3.63, 3.8) is 0 Å². The molecule has 25 heavy (non-hydrogen) atoms. The summed E-state index contributed by atoms with van der Waals surface area (Å²) in [6.45, 7) is 2.13. The first-order valence-corrected chi connectivity index (χ1v) is 8.55. The third-order valence-electron chi connectivity index (χ3n) is 5.35. The molecule has 2 N–H and O–H groups in total. The lowest BCUT2D eigenvalue weighted by Gasteiger charge is -2.44. The van der Waals surface area contributed by atoms with Crippen LogP contribution in [0.5, 0.6) is 0 Å². The Balaban J connectivity index is 2.37. The summed E-state index contributed by atoms with van der Waals surface area (Å²) in [5.74, 6) is -0.236. The molecule has 2 aliphatic carbocycles. The first-order valence-electron chi connectivity index (χ1n) is 8.17. The molecule has 1 aromatic rings. The lowest BCUT2D eigenvalue weighted by atomic mass is 9.56. The Labute approximate surface area is 152 Å². The van der Waals surface area contributed by atoms with E-state index in [1.54, 1.807) is 6.07 Å². The van der Waals surface area contributed by atoms with Crippen LogP contribution in [0.2, 0.25) is 5.02 Å². The first-order chi connectivity index (χ1) is 12.0. The van der Waals surface area contributed by atoms with Crippen LogP contribution in [0.4, 0.5) is 0 Å². The van der Waals surface area contributed by atoms with Gasteiger partial charge in [0.05, 0.1) is 23.4 Å². The molecule has 2 aliphatic rings. The van der Waals surface area contributed by atoms with E-state index in [1.165, 1.54) is 0 Å². The number of nitriles is 3. The van der Waals surface area contributed by atoms with Crippen LogP contribution in [0, 0.1) is 51.2 Å². The SMILES string of the molecule is C[C@@H]1CC=C2C(C#N)=C(N)C(C#N)(C#N)[C@@H](c3ccccc3Cl)[C@H]2C1. The molecule has 0 spiro atoms. The standard InChI is InChI=1S/C20H17ClN4/c1-12-6-7-13-15(8-12)18(14-4-2-3-5-17(14)21)20(10-23,11-24)19(25)16(13)9-22/h2-5,7,12,15,18H,6,8,25H2,1H3/t12-,15+,18+/m1/s1. The minimum Gasteiger partial charge on any atom is -0.399 e. The van der Waals surface area contributed by atoms with E-state index >= 15 is 0 Å². The maximum Gasteiger partial charge on any atom is 0.191 e. The molecule has 5 heteroatoms. The fraction of sp³-hybridized carbons (Fsp3) is 0.350. The van der Waals surface area contributed by atoms with Gasteiger partial charge in [-0.05, 0) is 41.9 Å². The summed E-state index contributed by atoms with van der Waals surface area (Å²) < 4.78 is 0. The van der Waals surface area contributed by atoms with Gasteiger partial charge >= 0.3 is 0 Å². The van der Waals surface area contributed by atoms with Gasteiger partial charge in [-0.1, -0.05) is 42.8 Å². The number of hydrogen-bond acceptors (Lipinski definition) is 4. The van der Waals surface area contributed by atoms with Crippen molar-refractivity contribution < 1.29 is 0 Å². The maximum absolute atomic E-state index is 9.95. The molecular formula is C20H17ClN4. The fourth-order valence-electron chi connectivity index (χ4n) is 4.15. The second-order valence-electron chi connectivity index (χ2n) is 6.77. The molecule has 0 fully saturated rings. The quantitative estimate of drug-likeness (QED) is 0.823. The third kappa shape index (κ3) is 2.41. The molecule has 0 amide bonds. The van der Waals surface area contributed by atoms with Gasteiger partial charge in [0, 0.05) is 10.9 Å². The number of fused-ring (bicyclic) bond motifs is 1. The van der Waals surface area contributed by atoms with Crippen molar-refractivity contribution in [1.29, 1.82) is 15.8 Å². The smallest absolute Gasteiger partial charge is 0.191 e. The fourth-order valence-corrected chi connectivity index (χ4v) is 4.40. The highest BCUT2D eigenvalue weighted by atomic mass is 35.5. The van der Waals surface area contributed by atoms with Crippen LogP contribution in [0.1, 0.15) is 31.2 Å². The molecule has 124 valence electrons. The van der Waals surface area contributed by atoms with Gasteiger partial charge in [0.2, 0.25) is 0 Å². The van der Waals surface area contributed by atoms with Crippen molar-refractivity contribution in [2.45, 2.75) is 25.7 Å². The zero-order valence-corrected chi connectivity index (χ0v) is 14.6. The van der Waals surface area contributed by atoms with Gasteiger partial charge in [0.25, 0.3) is 0 Å². The van der Waals surface area contributed by atoms with Crippen molar-refractivity contribution in [2.75, 3.05) is 0 Å². The number of halogens is 1. The van der Waals surface area contributed by atoms with Gasteiger partial charge in [-0.2, -0.15) is 15.8 Å². The van der Waals surface area contributed by atoms with Crippen molar-refractivity contribution in [2.24, 2.45) is 23.0 Å². The van der Waals surface area contributed by atoms with Crippen LogP contribution in [-0.4, -0.2) is 0 Å². The second-order valence-corrected chi connectivity index (χ2v) is 7.18. The highest BCUT2D eigenvalue weighted by Crippen LogP contribution is 2.57. The maximum atomic E-state index is 9.95. The molecular weight excluding hydrogens is 332 g/mol. The predicted molar refractivity (Wildman–Crippen MR) is 94.6 cm³/mol. The molecule has 0 saturated carbocycles. The average Bonchev–Trinajstić information content (AvgIpc) is 2.62. The van der Waals surface area contributed by atoms with Gasteiger partial charge in [0.1, 0.15) is 6.07 Å². The zero-order valence-electron chi connectivity index (χ0n) is 13.8. The summed E-state index contributed by atoms with van der Waals surface area (Å²) in [4.78, 5) is 0. The Kier molecular flexibility index (Phi) is 4.30. The van der Waals surface area contributed by atoms with E-state index in [-0.39, 0.29) is 17.2 Å². The molecule has 3 rings (SSSR count). The van der Waals surface area contributed by atoms with E-state index in [4.69, 9.17) is 17.3 Å². The van der Waals surface area contributed by atoms with Gasteiger partial charge < -0.3 is 5.73 Å². The van der Waals surface area contributed by atoms with E-state index in [9.17, 15) is 15.8 Å². The number of allylic oxidation sites excluding steroid dienone is 4. The summed E-state index contributed by atoms with van der Waals surface area (Å²) in [7, 11) is 0. The molecule has 0 unspecified atom stereocenters. The molecule has 0 saturated heterocycles. The summed E-state index contributed by atoms with van der Waals surface area (Å²) in [6, 6.07) is 13.6. The Bertz CT molecular complexity index is 893. The average molecular weight is 349 g/mol. The number of nitrogens with zero attached hydrogens (tertiary/aromatic N) is 3. The molecule has 3 atom stereocenters. The van der Waals surface area contributed by atoms with Gasteiger partial charge in [-0.3, -0.25) is 0 Å². The van der Waals surface area contributed by atoms with Crippen LogP contribution < -0.4 is 5.73 Å². The summed E-state index contributed by atoms with van der Waals surface area (Å²) in [5.41, 5.74) is 6.54. The van der Waals surface area contributed by atoms with Crippen molar-refractivity contribution in [3.05, 3.63) is 57.8 Å². The van der Waals surface area contributed by atoms with Crippen molar-refractivity contribution >= 4 is 11.6 Å². The van der Waals surface area contributed by atoms with Crippen molar-refractivity contribution in [3.8, 4) is 18.2 Å². The molecule has 0 heterocycles. The molecule has 0 bridgehead atoms. The number of rotatable bonds is 1. The van der Waals surface area contributed by atoms with Gasteiger partial charge in [-0.25, -0.2) is 0 Å². The molecule has 0 radical (unpaired) electrons. The minimum atomic E-state index is -1.60. The minimum absolute atomic E-state index is 0.0435. The Morgan fingerprint density at radius 2 is 1.88 bits per heavy atom. The van der Waals surface area contributed by atoms with Crippen LogP contribution in [-0.2, 0) is 0 Å². The number of hydrogen-bond donors (Lipinski definition) is 1. The molecule has 0 aromatic heterocycles. The number of benzene rings is 1. The Morgan fingerprint density at radius 1 is 1.20 bits per heavy atom. The van der Waals surface area contributed by atoms with E-state index in [1.807, 2.05) is 24.3 Å². The van der Waals surface area contributed by atoms with E-state index < -0.39 is 11.3 Å². The highest BCUT2D eigenvalue weighted by molar-refractivity contribution is 6.31. The number of nitrogens with two attached hydrogens (primary N) is 1. The first kappa shape index (κ1) is 17.1. The van der Waals surface area contributed by atoms with Gasteiger partial charge in [-0.15, -0.1) is 0 Å². The Morgan fingerprint density at radius 3 is 2.48 bits per heavy atom. The summed E-state index contributed by atoms with van der Waals surface area (Å²) in [6.07, 6.45) is 3.67. The van der Waals surface area contributed by atoms with Crippen LogP contribution in [0.25, 0.3) is 0 Å². The monoisotopic (exact) mass is 348 g/mol. The lowest BCUT2D eigenvalue weighted by molar-refractivity contribution is 0.284. The summed E-state index contributed by atoms with van der Waals surface area (Å²) >= 11 is 6.42. The molecule has 4 nitrogen and oxygen atoms in total. The normalized spacial score (nSPS) is 27.3. The third-order valence-corrected chi connectivity index (χ3v) is 5.70. The molecule has 1 aromatic carbocycles. The van der Waals surface area contributed by atoms with E-state index in [0.29, 0.717) is 10.9 Å². The van der Waals surface area contributed by atoms with E-state index in [0.717, 1.165) is 24.0 Å². The van der Waals surface area contributed by atoms with Gasteiger partial charge in [0.15, 0.2) is 5.41 Å². The summed E-state index contributed by atoms with van der Waals surface area (Å²) in [5, 5.41) is 30.0. The predicted octanol–water partition coefficient (Wildman–Crippen LogP) is 4.18. The molecule has 0 aliphatic heterocycles. The zero-order chi connectivity index (χ0) is 18.2. The lowest BCUT2D eigenvalue weighted by Crippen LogP contribution is -2.43. The van der Waals surface area contributed by atoms with Crippen molar-refractivity contribution in [1.82, 2.24) is 0 Å². The Hall–Kier alpha value is -2.74.